The van der Waals surface area contributed by atoms with Gasteiger partial charge in [0, 0.05) is 43.9 Å². The molecule has 1 aromatic heterocycles. The molecule has 164 valence electrons. The number of nitrogens with two attached hydrogens (primary N) is 1. The van der Waals surface area contributed by atoms with Crippen LogP contribution in [0.3, 0.4) is 0 Å². The quantitative estimate of drug-likeness (QED) is 0.636. The van der Waals surface area contributed by atoms with E-state index in [1.165, 1.54) is 4.90 Å². The van der Waals surface area contributed by atoms with Crippen molar-refractivity contribution in [2.24, 2.45) is 10.7 Å². The fraction of sp³-hybridized carbons (Fsp3) is 0.391. The predicted octanol–water partition coefficient (Wildman–Crippen LogP) is 2.87. The van der Waals surface area contributed by atoms with E-state index < -0.39 is 5.54 Å². The lowest BCUT2D eigenvalue weighted by Crippen LogP contribution is -2.41. The number of rotatable bonds is 8. The van der Waals surface area contributed by atoms with Crippen LogP contribution in [0.15, 0.2) is 41.5 Å². The second kappa shape index (κ2) is 8.75. The Bertz CT molecular complexity index is 1060. The highest BCUT2D eigenvalue weighted by atomic mass is 16.2. The largest absolute Gasteiger partial charge is 0.369 e. The summed E-state index contributed by atoms with van der Waals surface area (Å²) >= 11 is 0. The fourth-order valence-electron chi connectivity index (χ4n) is 3.84. The van der Waals surface area contributed by atoms with Crippen molar-refractivity contribution in [3.05, 3.63) is 53.3 Å². The van der Waals surface area contributed by atoms with Gasteiger partial charge >= 0.3 is 0 Å². The lowest BCUT2D eigenvalue weighted by molar-refractivity contribution is -0.129. The van der Waals surface area contributed by atoms with Gasteiger partial charge in [-0.25, -0.2) is 4.99 Å². The molecule has 1 aromatic carbocycles. The van der Waals surface area contributed by atoms with E-state index in [4.69, 9.17) is 5.73 Å². The molecule has 1 aliphatic heterocycles. The lowest BCUT2D eigenvalue weighted by atomic mass is 9.83. The number of aryl methyl sites for hydroxylation is 1. The SMILES string of the molecule is CCCC(=O)Nc1cccc(C2(c3cc(C(=O)CC)n(CC)c3)N=C(N)N(C)C2=O)c1. The Labute approximate surface area is 182 Å². The fourth-order valence-corrected chi connectivity index (χ4v) is 3.84. The first-order chi connectivity index (χ1) is 14.8. The third-order valence-corrected chi connectivity index (χ3v) is 5.54. The normalized spacial score (nSPS) is 18.3. The van der Waals surface area contributed by atoms with Crippen LogP contribution in [0, 0.1) is 0 Å². The summed E-state index contributed by atoms with van der Waals surface area (Å²) in [5.41, 5.74) is 6.88. The van der Waals surface area contributed by atoms with Crippen molar-refractivity contribution in [1.29, 1.82) is 0 Å². The van der Waals surface area contributed by atoms with Crippen LogP contribution in [-0.4, -0.2) is 40.1 Å². The Hall–Kier alpha value is -3.42. The van der Waals surface area contributed by atoms with Gasteiger partial charge in [0.15, 0.2) is 17.3 Å². The number of nitrogens with zero attached hydrogens (tertiary/aromatic N) is 3. The number of hydrogen-bond donors (Lipinski definition) is 2. The number of guanidine groups is 1. The number of amides is 2. The van der Waals surface area contributed by atoms with Crippen LogP contribution >= 0.6 is 0 Å². The molecule has 0 bridgehead atoms. The number of benzene rings is 1. The van der Waals surface area contributed by atoms with Crippen LogP contribution in [0.5, 0.6) is 0 Å². The monoisotopic (exact) mass is 423 g/mol. The summed E-state index contributed by atoms with van der Waals surface area (Å²) in [6.07, 6.45) is 3.29. The molecule has 2 heterocycles. The third kappa shape index (κ3) is 3.85. The van der Waals surface area contributed by atoms with Crippen molar-refractivity contribution in [3.8, 4) is 0 Å². The Morgan fingerprint density at radius 1 is 1.16 bits per heavy atom. The molecule has 3 N–H and O–H groups in total. The Kier molecular flexibility index (Phi) is 6.29. The highest BCUT2D eigenvalue weighted by Gasteiger charge is 2.50. The lowest BCUT2D eigenvalue weighted by Gasteiger charge is -2.25. The van der Waals surface area contributed by atoms with Crippen LogP contribution in [0.2, 0.25) is 0 Å². The molecule has 0 radical (unpaired) electrons. The van der Waals surface area contributed by atoms with Crippen molar-refractivity contribution in [2.75, 3.05) is 12.4 Å². The van der Waals surface area contributed by atoms with Crippen LogP contribution in [-0.2, 0) is 21.7 Å². The summed E-state index contributed by atoms with van der Waals surface area (Å²) in [6, 6.07) is 8.79. The van der Waals surface area contributed by atoms with Gasteiger partial charge in [-0.3, -0.25) is 19.3 Å². The highest BCUT2D eigenvalue weighted by Crippen LogP contribution is 2.41. The van der Waals surface area contributed by atoms with Gasteiger partial charge in [0.05, 0.1) is 5.69 Å². The summed E-state index contributed by atoms with van der Waals surface area (Å²) in [6.45, 7) is 6.25. The van der Waals surface area contributed by atoms with Gasteiger partial charge in [-0.15, -0.1) is 0 Å². The number of Topliss-reactive ketones (excluding diaryl/α,β-unsaturated/α-hetero) is 1. The molecule has 0 spiro atoms. The molecular formula is C23H29N5O3. The summed E-state index contributed by atoms with van der Waals surface area (Å²) in [5, 5.41) is 2.86. The molecule has 2 amide bonds. The van der Waals surface area contributed by atoms with E-state index >= 15 is 0 Å². The average Bonchev–Trinajstić information content (AvgIpc) is 3.29. The first-order valence-electron chi connectivity index (χ1n) is 10.6. The number of ketones is 1. The number of carbonyl (C=O) groups excluding carboxylic acids is 3. The van der Waals surface area contributed by atoms with Gasteiger partial charge in [-0.05, 0) is 37.1 Å². The number of aromatic nitrogens is 1. The molecule has 0 fully saturated rings. The van der Waals surface area contributed by atoms with Crippen LogP contribution in [0.4, 0.5) is 5.69 Å². The number of likely N-dealkylation sites (N-methyl/N-ethyl adjacent to an activating group) is 1. The number of aliphatic imine (C=N–C) groups is 1. The van der Waals surface area contributed by atoms with Crippen LogP contribution in [0.25, 0.3) is 0 Å². The van der Waals surface area contributed by atoms with E-state index in [0.29, 0.717) is 41.9 Å². The van der Waals surface area contributed by atoms with Gasteiger partial charge in [-0.1, -0.05) is 26.0 Å². The molecule has 8 heteroatoms. The maximum atomic E-state index is 13.5. The summed E-state index contributed by atoms with van der Waals surface area (Å²) < 4.78 is 1.83. The molecule has 0 saturated heterocycles. The number of hydrogen-bond acceptors (Lipinski definition) is 5. The van der Waals surface area contributed by atoms with E-state index in [1.54, 1.807) is 50.5 Å². The first-order valence-corrected chi connectivity index (χ1v) is 10.6. The van der Waals surface area contributed by atoms with Crippen molar-refractivity contribution in [3.63, 3.8) is 0 Å². The Morgan fingerprint density at radius 3 is 2.48 bits per heavy atom. The minimum Gasteiger partial charge on any atom is -0.369 e. The van der Waals surface area contributed by atoms with Gasteiger partial charge in [0.1, 0.15) is 0 Å². The van der Waals surface area contributed by atoms with E-state index in [2.05, 4.69) is 10.3 Å². The molecular weight excluding hydrogens is 394 g/mol. The van der Waals surface area contributed by atoms with Crippen molar-refractivity contribution < 1.29 is 14.4 Å². The molecule has 0 aliphatic carbocycles. The molecule has 1 atom stereocenters. The molecule has 0 saturated carbocycles. The van der Waals surface area contributed by atoms with Crippen molar-refractivity contribution in [2.45, 2.75) is 52.1 Å². The number of nitrogens with one attached hydrogen (secondary N) is 1. The van der Waals surface area contributed by atoms with E-state index in [1.807, 2.05) is 18.4 Å². The van der Waals surface area contributed by atoms with Gasteiger partial charge in [-0.2, -0.15) is 0 Å². The van der Waals surface area contributed by atoms with Gasteiger partial charge in [0.25, 0.3) is 5.91 Å². The molecule has 1 aliphatic rings. The minimum absolute atomic E-state index is 0.0143. The Morgan fingerprint density at radius 2 is 1.90 bits per heavy atom. The third-order valence-electron chi connectivity index (χ3n) is 5.54. The summed E-state index contributed by atoms with van der Waals surface area (Å²) in [5.74, 6) is -0.331. The van der Waals surface area contributed by atoms with Gasteiger partial charge < -0.3 is 15.6 Å². The van der Waals surface area contributed by atoms with Gasteiger partial charge in [0.2, 0.25) is 5.91 Å². The standard InChI is InChI=1S/C23H29N5O3/c1-5-9-20(30)25-17-11-8-10-15(12-17)23(21(31)27(4)22(24)26-23)16-13-18(19(29)6-2)28(7-3)14-16/h8,10-14H,5-7,9H2,1-4H3,(H2,24,26)(H,25,30). The van der Waals surface area contributed by atoms with E-state index in [0.717, 1.165) is 6.42 Å². The molecule has 8 nitrogen and oxygen atoms in total. The topological polar surface area (TPSA) is 110 Å². The molecule has 2 aromatic rings. The van der Waals surface area contributed by atoms with Crippen LogP contribution < -0.4 is 11.1 Å². The van der Waals surface area contributed by atoms with E-state index in [-0.39, 0.29) is 23.6 Å². The smallest absolute Gasteiger partial charge is 0.266 e. The highest BCUT2D eigenvalue weighted by molar-refractivity contribution is 6.09. The van der Waals surface area contributed by atoms with E-state index in [9.17, 15) is 14.4 Å². The second-order valence-corrected chi connectivity index (χ2v) is 7.60. The maximum Gasteiger partial charge on any atom is 0.266 e. The summed E-state index contributed by atoms with van der Waals surface area (Å²) in [7, 11) is 1.57. The Balaban J connectivity index is 2.18. The summed E-state index contributed by atoms with van der Waals surface area (Å²) in [4.78, 5) is 43.9. The minimum atomic E-state index is -1.42. The molecule has 1 unspecified atom stereocenters. The zero-order valence-corrected chi connectivity index (χ0v) is 18.4. The van der Waals surface area contributed by atoms with Crippen LogP contribution in [0.1, 0.15) is 61.6 Å². The number of carbonyl (C=O) groups is 3. The zero-order chi connectivity index (χ0) is 22.8. The second-order valence-electron chi connectivity index (χ2n) is 7.60. The average molecular weight is 424 g/mol. The molecule has 31 heavy (non-hydrogen) atoms. The van der Waals surface area contributed by atoms with Crippen molar-refractivity contribution >= 4 is 29.2 Å². The molecule has 3 rings (SSSR count). The predicted molar refractivity (Wildman–Crippen MR) is 120 cm³/mol. The van der Waals surface area contributed by atoms with Crippen molar-refractivity contribution in [1.82, 2.24) is 9.47 Å². The zero-order valence-electron chi connectivity index (χ0n) is 18.4. The number of anilines is 1. The maximum absolute atomic E-state index is 13.5. The first kappa shape index (κ1) is 22.3.